The van der Waals surface area contributed by atoms with E-state index in [1.165, 1.54) is 11.1 Å². The summed E-state index contributed by atoms with van der Waals surface area (Å²) in [4.78, 5) is 21.3. The summed E-state index contributed by atoms with van der Waals surface area (Å²) in [6, 6.07) is 3.72. The van der Waals surface area contributed by atoms with Crippen molar-refractivity contribution in [2.75, 3.05) is 12.0 Å². The number of hydrogen-bond acceptors (Lipinski definition) is 5. The molecule has 2 N–H and O–H groups in total. The average molecular weight is 435 g/mol. The Morgan fingerprint density at radius 2 is 2.03 bits per heavy atom. The topological polar surface area (TPSA) is 84.2 Å². The van der Waals surface area contributed by atoms with Gasteiger partial charge in [-0.05, 0) is 49.8 Å². The maximum atomic E-state index is 12.7. The predicted molar refractivity (Wildman–Crippen MR) is 131 cm³/mol. The highest BCUT2D eigenvalue weighted by atomic mass is 16.2. The zero-order valence-corrected chi connectivity index (χ0v) is 19.9. The number of anilines is 1. The molecule has 170 valence electrons. The minimum atomic E-state index is -0.152. The maximum absolute atomic E-state index is 12.7. The molecule has 0 bridgehead atoms. The van der Waals surface area contributed by atoms with Crippen LogP contribution in [-0.4, -0.2) is 33.6 Å². The van der Waals surface area contributed by atoms with E-state index in [0.29, 0.717) is 24.3 Å². The van der Waals surface area contributed by atoms with E-state index < -0.39 is 0 Å². The number of amides is 1. The number of carbonyl (C=O) groups is 1. The molecule has 0 saturated heterocycles. The predicted octanol–water partition coefficient (Wildman–Crippen LogP) is 4.59. The number of aryl methyl sites for hydroxylation is 1. The zero-order valence-electron chi connectivity index (χ0n) is 19.9. The highest BCUT2D eigenvalue weighted by Gasteiger charge is 2.18. The molecule has 0 atom stereocenters. The van der Waals surface area contributed by atoms with Gasteiger partial charge in [0.25, 0.3) is 0 Å². The molecule has 0 aliphatic carbocycles. The fraction of sp³-hybridized carbons (Fsp3) is 0.440. The summed E-state index contributed by atoms with van der Waals surface area (Å²) >= 11 is 0. The van der Waals surface area contributed by atoms with Gasteiger partial charge in [-0.3, -0.25) is 14.5 Å². The first-order valence-electron chi connectivity index (χ1n) is 11.2. The summed E-state index contributed by atoms with van der Waals surface area (Å²) in [5.41, 5.74) is 6.36. The monoisotopic (exact) mass is 434 g/mol. The highest BCUT2D eigenvalue weighted by Crippen LogP contribution is 2.29. The van der Waals surface area contributed by atoms with Crippen molar-refractivity contribution in [3.63, 3.8) is 0 Å². The number of nitrogens with zero attached hydrogens (tertiary/aromatic N) is 4. The van der Waals surface area contributed by atoms with Gasteiger partial charge in [0.1, 0.15) is 19.0 Å². The molecular formula is C25H34N6O. The number of carbonyl (C=O) groups excluding carboxylic acids is 1. The Balaban J connectivity index is 1.72. The van der Waals surface area contributed by atoms with Gasteiger partial charge in [0, 0.05) is 41.0 Å². The molecule has 7 heteroatoms. The van der Waals surface area contributed by atoms with Crippen LogP contribution in [0.5, 0.6) is 0 Å². The molecule has 3 rings (SSSR count). The summed E-state index contributed by atoms with van der Waals surface area (Å²) < 4.78 is 1.79. The van der Waals surface area contributed by atoms with Crippen molar-refractivity contribution in [2.45, 2.75) is 54.5 Å². The van der Waals surface area contributed by atoms with E-state index >= 15 is 0 Å². The van der Waals surface area contributed by atoms with Crippen molar-refractivity contribution in [1.82, 2.24) is 20.1 Å². The quantitative estimate of drug-likeness (QED) is 0.636. The van der Waals surface area contributed by atoms with E-state index in [1.807, 2.05) is 32.3 Å². The van der Waals surface area contributed by atoms with Crippen molar-refractivity contribution in [1.29, 1.82) is 0 Å². The van der Waals surface area contributed by atoms with E-state index in [0.717, 1.165) is 28.9 Å². The fourth-order valence-corrected chi connectivity index (χ4v) is 3.92. The van der Waals surface area contributed by atoms with Gasteiger partial charge in [-0.25, -0.2) is 4.98 Å². The van der Waals surface area contributed by atoms with Crippen LogP contribution >= 0.6 is 0 Å². The molecule has 0 saturated carbocycles. The Labute approximate surface area is 190 Å². The third kappa shape index (κ3) is 5.93. The number of pyridine rings is 1. The van der Waals surface area contributed by atoms with Crippen LogP contribution < -0.4 is 10.6 Å². The Kier molecular flexibility index (Phi) is 7.62. The zero-order chi connectivity index (χ0) is 23.3. The molecule has 1 amide bonds. The standard InChI is InChI=1S/C25H34N6O/c1-16(2)9-21(10-17(3)4)25-18(5)30-31(19(25)6)14-24(32)29-23-8-7-20(13-28-23)22-11-26-15-27-12-22/h7-9,11-13,16-17,26H,10,14-15H2,1-6H3,(H,28,29,32)/b21-9+. The lowest BCUT2D eigenvalue weighted by Gasteiger charge is -2.13. The number of aliphatic imine (C=N–C) groups is 1. The first kappa shape index (κ1) is 23.4. The van der Waals surface area contributed by atoms with Gasteiger partial charge >= 0.3 is 0 Å². The molecule has 0 unspecified atom stereocenters. The number of allylic oxidation sites excluding steroid dienone is 3. The second kappa shape index (κ2) is 10.4. The summed E-state index contributed by atoms with van der Waals surface area (Å²) in [5.74, 6) is 1.36. The molecule has 0 spiro atoms. The first-order chi connectivity index (χ1) is 15.2. The average Bonchev–Trinajstić information content (AvgIpc) is 3.00. The molecule has 0 radical (unpaired) electrons. The van der Waals surface area contributed by atoms with Crippen molar-refractivity contribution in [3.8, 4) is 0 Å². The van der Waals surface area contributed by atoms with Gasteiger partial charge in [0.2, 0.25) is 5.91 Å². The van der Waals surface area contributed by atoms with Gasteiger partial charge < -0.3 is 10.6 Å². The maximum Gasteiger partial charge on any atom is 0.247 e. The van der Waals surface area contributed by atoms with Gasteiger partial charge in [-0.2, -0.15) is 5.10 Å². The lowest BCUT2D eigenvalue weighted by atomic mass is 9.92. The normalized spacial score (nSPS) is 14.0. The van der Waals surface area contributed by atoms with Gasteiger partial charge in [0.05, 0.1) is 5.69 Å². The van der Waals surface area contributed by atoms with Gasteiger partial charge in [-0.15, -0.1) is 0 Å². The molecule has 3 heterocycles. The molecular weight excluding hydrogens is 400 g/mol. The van der Waals surface area contributed by atoms with Crippen molar-refractivity contribution in [2.24, 2.45) is 16.8 Å². The van der Waals surface area contributed by atoms with Crippen molar-refractivity contribution >= 4 is 29.1 Å². The summed E-state index contributed by atoms with van der Waals surface area (Å²) in [6.07, 6.45) is 8.76. The number of aromatic nitrogens is 3. The van der Waals surface area contributed by atoms with Crippen LogP contribution in [0.1, 0.15) is 56.6 Å². The summed E-state index contributed by atoms with van der Waals surface area (Å²) in [7, 11) is 0. The van der Waals surface area contributed by atoms with Crippen LogP contribution in [0.4, 0.5) is 5.82 Å². The SMILES string of the molecule is Cc1nn(CC(=O)Nc2ccc(C3=CNCN=C3)cn2)c(C)c1/C(=C/C(C)C)CC(C)C. The summed E-state index contributed by atoms with van der Waals surface area (Å²) in [6.45, 7) is 13.6. The molecule has 32 heavy (non-hydrogen) atoms. The first-order valence-corrected chi connectivity index (χ1v) is 11.2. The molecule has 2 aromatic rings. The lowest BCUT2D eigenvalue weighted by molar-refractivity contribution is -0.117. The Bertz CT molecular complexity index is 1040. The largest absolute Gasteiger partial charge is 0.372 e. The van der Waals surface area contributed by atoms with Gasteiger partial charge in [-0.1, -0.05) is 33.8 Å². The molecule has 0 aromatic carbocycles. The fourth-order valence-electron chi connectivity index (χ4n) is 3.92. The van der Waals surface area contributed by atoms with Crippen LogP contribution in [0.25, 0.3) is 11.1 Å². The minimum absolute atomic E-state index is 0.147. The molecule has 2 aromatic heterocycles. The number of rotatable bonds is 8. The van der Waals surface area contributed by atoms with E-state index in [9.17, 15) is 4.79 Å². The molecule has 7 nitrogen and oxygen atoms in total. The van der Waals surface area contributed by atoms with Crippen LogP contribution in [0.2, 0.25) is 0 Å². The van der Waals surface area contributed by atoms with Crippen LogP contribution in [-0.2, 0) is 11.3 Å². The Hall–Kier alpha value is -3.22. The number of hydrogen-bond donors (Lipinski definition) is 2. The summed E-state index contributed by atoms with van der Waals surface area (Å²) in [5, 5.41) is 10.6. The third-order valence-electron chi connectivity index (χ3n) is 5.19. The van der Waals surface area contributed by atoms with Crippen LogP contribution in [0, 0.1) is 25.7 Å². The smallest absolute Gasteiger partial charge is 0.247 e. The van der Waals surface area contributed by atoms with Gasteiger partial charge in [0.15, 0.2) is 0 Å². The molecule has 1 aliphatic heterocycles. The Morgan fingerprint density at radius 1 is 1.25 bits per heavy atom. The second-order valence-corrected chi connectivity index (χ2v) is 8.99. The second-order valence-electron chi connectivity index (χ2n) is 8.99. The van der Waals surface area contributed by atoms with Crippen molar-refractivity contribution < 1.29 is 4.79 Å². The Morgan fingerprint density at radius 3 is 2.62 bits per heavy atom. The third-order valence-corrected chi connectivity index (χ3v) is 5.19. The minimum Gasteiger partial charge on any atom is -0.372 e. The van der Waals surface area contributed by atoms with E-state index in [4.69, 9.17) is 0 Å². The van der Waals surface area contributed by atoms with Crippen LogP contribution in [0.15, 0.2) is 35.6 Å². The van der Waals surface area contributed by atoms with E-state index in [1.54, 1.807) is 16.9 Å². The lowest BCUT2D eigenvalue weighted by Crippen LogP contribution is -2.21. The highest BCUT2D eigenvalue weighted by molar-refractivity contribution is 6.10. The van der Waals surface area contributed by atoms with E-state index in [-0.39, 0.29) is 12.5 Å². The molecule has 1 aliphatic rings. The van der Waals surface area contributed by atoms with E-state index in [2.05, 4.69) is 59.5 Å². The van der Waals surface area contributed by atoms with Crippen molar-refractivity contribution in [3.05, 3.63) is 53.1 Å². The van der Waals surface area contributed by atoms with Crippen LogP contribution in [0.3, 0.4) is 0 Å². The molecule has 0 fully saturated rings. The number of nitrogens with one attached hydrogen (secondary N) is 2.